The molecule has 3 unspecified atom stereocenters. The number of ether oxygens (including phenoxy) is 5. The van der Waals surface area contributed by atoms with Crippen LogP contribution in [0.1, 0.15) is 59.8 Å². The van der Waals surface area contributed by atoms with E-state index < -0.39 is 106 Å². The van der Waals surface area contributed by atoms with E-state index in [1.165, 1.54) is 19.1 Å². The number of halogens is 2. The van der Waals surface area contributed by atoms with E-state index in [0.717, 1.165) is 6.08 Å². The molecule has 0 aromatic heterocycles. The number of carbonyl (C=O) groups excluding carboxylic acids is 4. The van der Waals surface area contributed by atoms with E-state index >= 15 is 8.78 Å². The normalized spacial score (nSPS) is 39.3. The quantitative estimate of drug-likeness (QED) is 0.130. The Balaban J connectivity index is 1.26. The van der Waals surface area contributed by atoms with E-state index in [-0.39, 0.29) is 38.0 Å². The molecule has 49 heavy (non-hydrogen) atoms. The lowest BCUT2D eigenvalue weighted by Crippen LogP contribution is -2.71. The number of nitrogens with zero attached hydrogens (tertiary/aromatic N) is 1. The molecule has 15 nitrogen and oxygen atoms in total. The van der Waals surface area contributed by atoms with Crippen molar-refractivity contribution in [2.24, 2.45) is 28.4 Å². The topological polar surface area (TPSA) is 214 Å². The third kappa shape index (κ3) is 6.22. The van der Waals surface area contributed by atoms with Gasteiger partial charge in [0.2, 0.25) is 5.78 Å². The minimum atomic E-state index is -2.38. The average molecular weight is 703 g/mol. The smallest absolute Gasteiger partial charge is 0.464 e. The zero-order valence-electron chi connectivity index (χ0n) is 27.8. The SMILES string of the molecule is CC1(C)O[C@@H]2CC3C4C[C@H](F)C5=CC(=O)C=C[C@]5(C)[C@@]4(F)[C@@H](O)C[C@]3(C)[C@]2(C(=O)COC(=O)OCC(N)C(=O)OCCCCON(O)O)O1. The summed E-state index contributed by atoms with van der Waals surface area (Å²) in [5.41, 5.74) is -1.41. The number of alkyl halides is 2. The maximum atomic E-state index is 17.6. The number of hydrogen-bond donors (Lipinski definition) is 4. The van der Waals surface area contributed by atoms with Crippen LogP contribution in [-0.4, -0.2) is 113 Å². The molecule has 0 bridgehead atoms. The monoisotopic (exact) mass is 702 g/mol. The molecule has 0 aromatic carbocycles. The number of allylic oxidation sites excluding steroid dienone is 4. The number of hydrogen-bond acceptors (Lipinski definition) is 15. The van der Waals surface area contributed by atoms with Crippen molar-refractivity contribution in [3.63, 3.8) is 0 Å². The third-order valence-electron chi connectivity index (χ3n) is 11.0. The van der Waals surface area contributed by atoms with E-state index in [9.17, 15) is 24.3 Å². The minimum Gasteiger partial charge on any atom is -0.464 e. The van der Waals surface area contributed by atoms with Crippen molar-refractivity contribution in [1.29, 1.82) is 0 Å². The van der Waals surface area contributed by atoms with Crippen LogP contribution in [0, 0.1) is 22.7 Å². The fourth-order valence-corrected chi connectivity index (χ4v) is 8.93. The van der Waals surface area contributed by atoms with E-state index in [2.05, 4.69) is 4.84 Å². The van der Waals surface area contributed by atoms with Crippen LogP contribution in [0.25, 0.3) is 0 Å². The number of esters is 1. The van der Waals surface area contributed by atoms with Gasteiger partial charge in [-0.3, -0.25) is 29.6 Å². The Hall–Kier alpha value is -2.90. The molecule has 1 saturated heterocycles. The predicted molar refractivity (Wildman–Crippen MR) is 159 cm³/mol. The maximum Gasteiger partial charge on any atom is 0.508 e. The number of aliphatic hydroxyl groups excluding tert-OH is 1. The van der Waals surface area contributed by atoms with Crippen LogP contribution in [0.4, 0.5) is 13.6 Å². The van der Waals surface area contributed by atoms with Gasteiger partial charge in [0.1, 0.15) is 18.8 Å². The standard InChI is InChI=1S/C32H44F2N2O13/c1-28(2)48-25-13-18-19-12-21(33)20-11-17(37)7-8-29(20,3)31(19,34)23(38)14-30(18,4)32(25,49-28)24(39)16-46-27(41)45-15-22(35)26(40)44-9-5-6-10-47-36(42)43/h7-8,11,18-19,21-23,25,38,42-43H,5-6,9-10,12-16,35H2,1-4H3/t18?,19?,21-,22?,23-,25+,29-,30-,31-,32+/m0/s1. The molecule has 17 heteroatoms. The zero-order valence-corrected chi connectivity index (χ0v) is 27.8. The van der Waals surface area contributed by atoms with Crippen LogP contribution in [0.5, 0.6) is 0 Å². The van der Waals surface area contributed by atoms with Gasteiger partial charge in [0, 0.05) is 16.7 Å². The van der Waals surface area contributed by atoms with Crippen molar-refractivity contribution in [1.82, 2.24) is 5.39 Å². The van der Waals surface area contributed by atoms with Crippen LogP contribution in [-0.2, 0) is 42.9 Å². The molecular weight excluding hydrogens is 658 g/mol. The maximum absolute atomic E-state index is 17.6. The molecular formula is C32H44F2N2O13. The van der Waals surface area contributed by atoms with Crippen molar-refractivity contribution < 1.29 is 72.0 Å². The van der Waals surface area contributed by atoms with Gasteiger partial charge >= 0.3 is 12.1 Å². The summed E-state index contributed by atoms with van der Waals surface area (Å²) in [5.74, 6) is -5.16. The number of unbranched alkanes of at least 4 members (excludes halogenated alkanes) is 1. The molecule has 10 atom stereocenters. The number of aliphatic hydroxyl groups is 1. The van der Waals surface area contributed by atoms with Gasteiger partial charge in [-0.1, -0.05) is 13.0 Å². The molecule has 5 N–H and O–H groups in total. The summed E-state index contributed by atoms with van der Waals surface area (Å²) in [6.45, 7) is 4.74. The number of ketones is 2. The summed E-state index contributed by atoms with van der Waals surface area (Å²) in [7, 11) is 0. The second-order valence-corrected chi connectivity index (χ2v) is 14.3. The summed E-state index contributed by atoms with van der Waals surface area (Å²) >= 11 is 0. The van der Waals surface area contributed by atoms with Crippen LogP contribution in [0.2, 0.25) is 0 Å². The van der Waals surface area contributed by atoms with Gasteiger partial charge in [0.05, 0.1) is 30.8 Å². The van der Waals surface area contributed by atoms with Gasteiger partial charge in [-0.25, -0.2) is 13.6 Å². The van der Waals surface area contributed by atoms with Gasteiger partial charge in [-0.05, 0) is 76.5 Å². The highest BCUT2D eigenvalue weighted by molar-refractivity contribution is 6.01. The summed E-state index contributed by atoms with van der Waals surface area (Å²) in [6.07, 6.45) is -1.90. The number of carbonyl (C=O) groups is 4. The van der Waals surface area contributed by atoms with Crippen LogP contribution < -0.4 is 5.73 Å². The summed E-state index contributed by atoms with van der Waals surface area (Å²) in [6, 6.07) is -1.37. The fourth-order valence-electron chi connectivity index (χ4n) is 8.93. The summed E-state index contributed by atoms with van der Waals surface area (Å²) < 4.78 is 60.9. The molecule has 0 spiro atoms. The lowest BCUT2D eigenvalue weighted by molar-refractivity contribution is -0.492. The van der Waals surface area contributed by atoms with Crippen molar-refractivity contribution >= 4 is 23.7 Å². The van der Waals surface area contributed by atoms with Gasteiger partial charge in [-0.2, -0.15) is 0 Å². The molecule has 5 aliphatic rings. The Bertz CT molecular complexity index is 1410. The highest BCUT2D eigenvalue weighted by Gasteiger charge is 2.80. The van der Waals surface area contributed by atoms with Crippen molar-refractivity contribution in [3.8, 4) is 0 Å². The van der Waals surface area contributed by atoms with E-state index in [0.29, 0.717) is 12.8 Å². The lowest BCUT2D eigenvalue weighted by atomic mass is 9.44. The molecule has 0 aromatic rings. The van der Waals surface area contributed by atoms with Crippen molar-refractivity contribution in [3.05, 3.63) is 23.8 Å². The number of nitrogens with two attached hydrogens (primary N) is 1. The number of fused-ring (bicyclic) bond motifs is 7. The highest BCUT2D eigenvalue weighted by Crippen LogP contribution is 2.72. The van der Waals surface area contributed by atoms with E-state index in [4.69, 9.17) is 39.8 Å². The predicted octanol–water partition coefficient (Wildman–Crippen LogP) is 2.19. The zero-order chi connectivity index (χ0) is 36.2. The Morgan fingerprint density at radius 1 is 1.08 bits per heavy atom. The van der Waals surface area contributed by atoms with Crippen molar-refractivity contribution in [2.75, 3.05) is 26.4 Å². The van der Waals surface area contributed by atoms with E-state index in [1.807, 2.05) is 0 Å². The molecule has 4 aliphatic carbocycles. The Morgan fingerprint density at radius 3 is 2.47 bits per heavy atom. The number of Topliss-reactive ketones (excluding diaryl/α,β-unsaturated/α-hetero) is 1. The molecule has 4 fully saturated rings. The van der Waals surface area contributed by atoms with Gasteiger partial charge in [-0.15, -0.1) is 0 Å². The van der Waals surface area contributed by atoms with Crippen LogP contribution in [0.3, 0.4) is 0 Å². The first kappa shape index (κ1) is 37.4. The first-order chi connectivity index (χ1) is 22.8. The first-order valence-electron chi connectivity index (χ1n) is 16.2. The Morgan fingerprint density at radius 2 is 1.78 bits per heavy atom. The molecule has 1 aliphatic heterocycles. The van der Waals surface area contributed by atoms with Gasteiger partial charge in [0.25, 0.3) is 0 Å². The average Bonchev–Trinajstić information content (AvgIpc) is 3.43. The lowest BCUT2D eigenvalue weighted by Gasteiger charge is -2.63. The van der Waals surface area contributed by atoms with Gasteiger partial charge < -0.3 is 34.5 Å². The third-order valence-corrected chi connectivity index (χ3v) is 11.0. The highest BCUT2D eigenvalue weighted by atomic mass is 19.1. The van der Waals surface area contributed by atoms with Crippen LogP contribution >= 0.6 is 0 Å². The summed E-state index contributed by atoms with van der Waals surface area (Å²) in [4.78, 5) is 55.2. The second-order valence-electron chi connectivity index (χ2n) is 14.3. The molecule has 5 rings (SSSR count). The fraction of sp³-hybridized carbons (Fsp3) is 0.750. The molecule has 3 saturated carbocycles. The van der Waals surface area contributed by atoms with E-state index in [1.54, 1.807) is 20.8 Å². The first-order valence-corrected chi connectivity index (χ1v) is 16.2. The molecule has 274 valence electrons. The molecule has 0 amide bonds. The number of rotatable bonds is 12. The molecule has 0 radical (unpaired) electrons. The molecule has 1 heterocycles. The second kappa shape index (κ2) is 13.3. The Labute approximate surface area is 281 Å². The summed E-state index contributed by atoms with van der Waals surface area (Å²) in [5, 5.41) is 28.1. The van der Waals surface area contributed by atoms with Gasteiger partial charge in [0.15, 0.2) is 29.4 Å². The largest absolute Gasteiger partial charge is 0.508 e. The van der Waals surface area contributed by atoms with Crippen molar-refractivity contribution in [2.45, 2.75) is 101 Å². The van der Waals surface area contributed by atoms with Crippen LogP contribution in [0.15, 0.2) is 23.8 Å². The Kier molecular flexibility index (Phi) is 10.2. The minimum absolute atomic E-state index is 0.0247.